The molecule has 1 aliphatic carbocycles. The maximum atomic E-state index is 13.6. The quantitative estimate of drug-likeness (QED) is 0.640. The number of rotatable bonds is 5. The van der Waals surface area contributed by atoms with Crippen LogP contribution in [0.2, 0.25) is 0 Å². The van der Waals surface area contributed by atoms with Crippen LogP contribution in [0.5, 0.6) is 0 Å². The Morgan fingerprint density at radius 2 is 2.20 bits per heavy atom. The van der Waals surface area contributed by atoms with Crippen LogP contribution in [0, 0.1) is 27.3 Å². The van der Waals surface area contributed by atoms with E-state index in [4.69, 9.17) is 5.11 Å². The minimum Gasteiger partial charge on any atom is -0.478 e. The fraction of sp³-hybridized carbons (Fsp3) is 0.462. The van der Waals surface area contributed by atoms with Gasteiger partial charge in [0.1, 0.15) is 17.1 Å². The van der Waals surface area contributed by atoms with E-state index in [0.717, 1.165) is 18.6 Å². The number of nitro groups is 1. The molecule has 2 N–H and O–H groups in total. The lowest BCUT2D eigenvalue weighted by molar-refractivity contribution is -0.384. The smallest absolute Gasteiger partial charge is 0.338 e. The molecule has 1 aliphatic rings. The molecule has 1 saturated carbocycles. The first-order valence-corrected chi connectivity index (χ1v) is 6.17. The van der Waals surface area contributed by atoms with Crippen LogP contribution in [-0.4, -0.2) is 22.5 Å². The molecule has 0 radical (unpaired) electrons. The molecule has 1 aromatic carbocycles. The highest BCUT2D eigenvalue weighted by Crippen LogP contribution is 2.51. The van der Waals surface area contributed by atoms with E-state index in [2.05, 4.69) is 19.2 Å². The minimum atomic E-state index is -1.53. The first-order valence-electron chi connectivity index (χ1n) is 6.17. The van der Waals surface area contributed by atoms with Crippen molar-refractivity contribution in [1.29, 1.82) is 0 Å². The molecule has 108 valence electrons. The van der Waals surface area contributed by atoms with Crippen molar-refractivity contribution in [3.05, 3.63) is 33.6 Å². The van der Waals surface area contributed by atoms with E-state index in [1.54, 1.807) is 0 Å². The fourth-order valence-electron chi connectivity index (χ4n) is 2.18. The van der Waals surface area contributed by atoms with E-state index in [1.807, 2.05) is 0 Å². The maximum Gasteiger partial charge on any atom is 0.338 e. The fourth-order valence-corrected chi connectivity index (χ4v) is 2.18. The Morgan fingerprint density at radius 3 is 2.65 bits per heavy atom. The first-order chi connectivity index (χ1) is 9.22. The number of carboxylic acid groups (broad SMARTS) is 1. The summed E-state index contributed by atoms with van der Waals surface area (Å²) in [7, 11) is 0. The van der Waals surface area contributed by atoms with Gasteiger partial charge < -0.3 is 10.4 Å². The van der Waals surface area contributed by atoms with Gasteiger partial charge in [-0.1, -0.05) is 13.8 Å². The zero-order valence-corrected chi connectivity index (χ0v) is 11.1. The first kappa shape index (κ1) is 14.2. The van der Waals surface area contributed by atoms with Crippen molar-refractivity contribution in [3.63, 3.8) is 0 Å². The van der Waals surface area contributed by atoms with Crippen LogP contribution in [0.4, 0.5) is 15.8 Å². The summed E-state index contributed by atoms with van der Waals surface area (Å²) in [6.45, 7) is 4.67. The van der Waals surface area contributed by atoms with Crippen molar-refractivity contribution in [2.75, 3.05) is 11.9 Å². The molecule has 1 unspecified atom stereocenters. The van der Waals surface area contributed by atoms with Gasteiger partial charge >= 0.3 is 5.97 Å². The molecule has 0 bridgehead atoms. The van der Waals surface area contributed by atoms with Gasteiger partial charge in [-0.3, -0.25) is 10.1 Å². The highest BCUT2D eigenvalue weighted by Gasteiger charge is 2.45. The molecule has 1 aromatic rings. The van der Waals surface area contributed by atoms with E-state index in [0.29, 0.717) is 12.5 Å². The summed E-state index contributed by atoms with van der Waals surface area (Å²) in [6, 6.07) is 1.62. The van der Waals surface area contributed by atoms with Crippen LogP contribution in [-0.2, 0) is 0 Å². The van der Waals surface area contributed by atoms with E-state index < -0.39 is 28.0 Å². The molecule has 1 atom stereocenters. The molecule has 0 saturated heterocycles. The number of nitro benzene ring substituents is 1. The average molecular weight is 282 g/mol. The number of benzene rings is 1. The van der Waals surface area contributed by atoms with Gasteiger partial charge in [0.05, 0.1) is 4.92 Å². The molecule has 1 fully saturated rings. The molecule has 7 heteroatoms. The molecule has 0 aromatic heterocycles. The Hall–Kier alpha value is -2.18. The van der Waals surface area contributed by atoms with Crippen molar-refractivity contribution in [1.82, 2.24) is 0 Å². The zero-order valence-electron chi connectivity index (χ0n) is 11.1. The van der Waals surface area contributed by atoms with Crippen LogP contribution in [0.3, 0.4) is 0 Å². The number of anilines is 1. The Bertz CT molecular complexity index is 586. The molecule has 0 amide bonds. The highest BCUT2D eigenvalue weighted by atomic mass is 19.1. The summed E-state index contributed by atoms with van der Waals surface area (Å²) in [5, 5.41) is 22.6. The summed E-state index contributed by atoms with van der Waals surface area (Å²) < 4.78 is 13.6. The molecule has 0 spiro atoms. The Labute approximate surface area is 114 Å². The van der Waals surface area contributed by atoms with Crippen LogP contribution in [0.1, 0.15) is 30.6 Å². The van der Waals surface area contributed by atoms with Crippen LogP contribution >= 0.6 is 0 Å². The lowest BCUT2D eigenvalue weighted by Gasteiger charge is -2.09. The van der Waals surface area contributed by atoms with Gasteiger partial charge in [0.25, 0.3) is 5.69 Å². The number of nitrogens with one attached hydrogen (secondary N) is 1. The van der Waals surface area contributed by atoms with Gasteiger partial charge in [-0.25, -0.2) is 9.18 Å². The molecular formula is C13H15FN2O4. The van der Waals surface area contributed by atoms with E-state index in [1.165, 1.54) is 0 Å². The topological polar surface area (TPSA) is 92.5 Å². The number of aromatic carboxylic acids is 1. The van der Waals surface area contributed by atoms with Crippen molar-refractivity contribution < 1.29 is 19.2 Å². The SMILES string of the molecule is CC1(C)CC1CNc1cc(F)c(C(=O)O)cc1[N+](=O)[O-]. The van der Waals surface area contributed by atoms with Crippen molar-refractivity contribution in [3.8, 4) is 0 Å². The van der Waals surface area contributed by atoms with Gasteiger partial charge in [0.15, 0.2) is 0 Å². The van der Waals surface area contributed by atoms with Gasteiger partial charge in [0.2, 0.25) is 0 Å². The van der Waals surface area contributed by atoms with Gasteiger partial charge in [0, 0.05) is 18.7 Å². The standard InChI is InChI=1S/C13H15FN2O4/c1-13(2)5-7(13)6-15-10-4-9(14)8(12(17)18)3-11(10)16(19)20/h3-4,7,15H,5-6H2,1-2H3,(H,17,18). The number of carboxylic acids is 1. The van der Waals surface area contributed by atoms with Crippen LogP contribution < -0.4 is 5.32 Å². The molecule has 20 heavy (non-hydrogen) atoms. The van der Waals surface area contributed by atoms with Gasteiger partial charge in [-0.05, 0) is 17.8 Å². The lowest BCUT2D eigenvalue weighted by atomic mass is 10.1. The molecule has 0 heterocycles. The monoisotopic (exact) mass is 282 g/mol. The van der Waals surface area contributed by atoms with E-state index in [9.17, 15) is 19.3 Å². The predicted octanol–water partition coefficient (Wildman–Crippen LogP) is 2.89. The van der Waals surface area contributed by atoms with E-state index in [-0.39, 0.29) is 11.1 Å². The second kappa shape index (κ2) is 4.73. The summed E-state index contributed by atoms with van der Waals surface area (Å²) >= 11 is 0. The van der Waals surface area contributed by atoms with Crippen molar-refractivity contribution >= 4 is 17.3 Å². The molecule has 0 aliphatic heterocycles. The van der Waals surface area contributed by atoms with Gasteiger partial charge in [-0.15, -0.1) is 0 Å². The van der Waals surface area contributed by atoms with Crippen LogP contribution in [0.25, 0.3) is 0 Å². The van der Waals surface area contributed by atoms with Crippen molar-refractivity contribution in [2.45, 2.75) is 20.3 Å². The normalized spacial score (nSPS) is 19.4. The summed E-state index contributed by atoms with van der Waals surface area (Å²) in [6.07, 6.45) is 1.00. The highest BCUT2D eigenvalue weighted by molar-refractivity contribution is 5.90. The summed E-state index contributed by atoms with van der Waals surface area (Å²) in [4.78, 5) is 21.0. The van der Waals surface area contributed by atoms with Crippen molar-refractivity contribution in [2.24, 2.45) is 11.3 Å². The van der Waals surface area contributed by atoms with Crippen LogP contribution in [0.15, 0.2) is 12.1 Å². The number of halogens is 1. The molecule has 6 nitrogen and oxygen atoms in total. The zero-order chi connectivity index (χ0) is 15.1. The second-order valence-corrected chi connectivity index (χ2v) is 5.68. The third-order valence-corrected chi connectivity index (χ3v) is 3.77. The third kappa shape index (κ3) is 2.71. The number of nitrogens with zero attached hydrogens (tertiary/aromatic N) is 1. The Balaban J connectivity index is 2.25. The Kier molecular flexibility index (Phi) is 3.37. The van der Waals surface area contributed by atoms with E-state index >= 15 is 0 Å². The summed E-state index contributed by atoms with van der Waals surface area (Å²) in [5.41, 5.74) is -0.919. The average Bonchev–Trinajstić information content (AvgIpc) is 2.93. The molecular weight excluding hydrogens is 267 g/mol. The number of hydrogen-bond acceptors (Lipinski definition) is 4. The minimum absolute atomic E-state index is 0.0141. The molecule has 2 rings (SSSR count). The lowest BCUT2D eigenvalue weighted by Crippen LogP contribution is -2.11. The Morgan fingerprint density at radius 1 is 1.60 bits per heavy atom. The number of carbonyl (C=O) groups is 1. The predicted molar refractivity (Wildman–Crippen MR) is 70.4 cm³/mol. The maximum absolute atomic E-state index is 13.6. The third-order valence-electron chi connectivity index (χ3n) is 3.77. The summed E-state index contributed by atoms with van der Waals surface area (Å²) in [5.74, 6) is -2.13. The second-order valence-electron chi connectivity index (χ2n) is 5.68. The number of hydrogen-bond donors (Lipinski definition) is 2. The largest absolute Gasteiger partial charge is 0.478 e. The van der Waals surface area contributed by atoms with Gasteiger partial charge in [-0.2, -0.15) is 0 Å².